The molecule has 5 aliphatic heterocycles. The molecular weight excluding hydrogens is 1740 g/mol. The number of ether oxygens (including phenoxy) is 4. The van der Waals surface area contributed by atoms with Gasteiger partial charge >= 0.3 is 6.18 Å². The van der Waals surface area contributed by atoms with Crippen molar-refractivity contribution in [3.63, 3.8) is 0 Å². The summed E-state index contributed by atoms with van der Waals surface area (Å²) in [6.45, 7) is 5.02. The molecular formula is C101H93ClF3N13O14S. The van der Waals surface area contributed by atoms with Crippen LogP contribution < -0.4 is 27.1 Å². The van der Waals surface area contributed by atoms with Gasteiger partial charge in [-0.05, 0) is 185 Å². The van der Waals surface area contributed by atoms with E-state index < -0.39 is 58.4 Å². The molecule has 22 rings (SSSR count). The Bertz CT molecular complexity index is 7690. The lowest BCUT2D eigenvalue weighted by Gasteiger charge is -2.29. The van der Waals surface area contributed by atoms with E-state index in [1.165, 1.54) is 68.3 Å². The summed E-state index contributed by atoms with van der Waals surface area (Å²) in [6, 6.07) is 56.0. The molecule has 8 aromatic heterocycles. The molecule has 5 aliphatic rings. The van der Waals surface area contributed by atoms with Crippen molar-refractivity contribution in [1.29, 1.82) is 0 Å². The molecule has 32 heteroatoms. The predicted octanol–water partition coefficient (Wildman–Crippen LogP) is 14.1. The monoisotopic (exact) mass is 1840 g/mol. The van der Waals surface area contributed by atoms with E-state index in [0.29, 0.717) is 131 Å². The van der Waals surface area contributed by atoms with Gasteiger partial charge in [-0.15, -0.1) is 0 Å². The minimum Gasteiger partial charge on any atom is -0.389 e. The Morgan fingerprint density at radius 3 is 1.12 bits per heavy atom. The molecule has 0 unspecified atom stereocenters. The number of aliphatic hydroxyl groups excluding tert-OH is 4. The lowest BCUT2D eigenvalue weighted by molar-refractivity contribution is -0.141. The highest BCUT2D eigenvalue weighted by Crippen LogP contribution is 2.38. The molecule has 4 N–H and O–H groups in total. The van der Waals surface area contributed by atoms with Gasteiger partial charge in [0.05, 0.1) is 150 Å². The largest absolute Gasteiger partial charge is 0.433 e. The second-order valence-corrected chi connectivity index (χ2v) is 36.6. The van der Waals surface area contributed by atoms with E-state index >= 15 is 0 Å². The smallest absolute Gasteiger partial charge is 0.389 e. The number of benzene rings is 9. The van der Waals surface area contributed by atoms with Crippen LogP contribution in [0.3, 0.4) is 0 Å². The fourth-order valence-corrected chi connectivity index (χ4v) is 20.2. The van der Waals surface area contributed by atoms with E-state index in [2.05, 4.69) is 70.1 Å². The molecule has 5 fully saturated rings. The third kappa shape index (κ3) is 18.1. The number of anilines is 1. The fraction of sp³-hybridized carbons (Fsp3) is 0.297. The van der Waals surface area contributed by atoms with Crippen LogP contribution >= 0.6 is 11.6 Å². The van der Waals surface area contributed by atoms with E-state index in [1.807, 2.05) is 127 Å². The van der Waals surface area contributed by atoms with Crippen molar-refractivity contribution >= 4 is 125 Å². The maximum absolute atomic E-state index is 13.6. The molecule has 13 heterocycles. The van der Waals surface area contributed by atoms with Gasteiger partial charge in [-0.2, -0.15) is 13.2 Å². The van der Waals surface area contributed by atoms with Gasteiger partial charge in [0.1, 0.15) is 10.8 Å². The first-order valence-corrected chi connectivity index (χ1v) is 46.5. The zero-order valence-electron chi connectivity index (χ0n) is 72.3. The van der Waals surface area contributed by atoms with Gasteiger partial charge in [-0.25, -0.2) is 42.3 Å². The Morgan fingerprint density at radius 1 is 0.391 bits per heavy atom. The molecule has 0 radical (unpaired) electrons. The van der Waals surface area contributed by atoms with E-state index in [4.69, 9.17) is 30.5 Å². The molecule has 133 heavy (non-hydrogen) atoms. The zero-order chi connectivity index (χ0) is 91.9. The van der Waals surface area contributed by atoms with Crippen LogP contribution in [0, 0.1) is 0 Å². The summed E-state index contributed by atoms with van der Waals surface area (Å²) in [4.78, 5) is 87.0. The minimum atomic E-state index is -4.50. The number of pyridine rings is 3. The van der Waals surface area contributed by atoms with Crippen molar-refractivity contribution in [3.8, 4) is 0 Å². The molecule has 0 aliphatic carbocycles. The molecule has 680 valence electrons. The third-order valence-corrected chi connectivity index (χ3v) is 27.4. The normalized spacial score (nSPS) is 19.6. The standard InChI is InChI=1S/C28H29N3O3.C26H24N4O5S.C24H20F3N3O3.C23H20ClN3O3/c32-26-17-34-14-11-25(26)31-18-29-27-23-6-2-1-5-22(23)20(16-24(27)28(31)33)15-19-7-9-21(10-8-19)30-12-3-4-13-30;1-36(33,34)30-10-7-19-16(6-9-27-25(19)30)12-17-13-21-24(20-5-3-2-4-18(17)20)28-15-29(26(21)32)22-8-11-35-14-23(22)31;25-24(26,27)21-6-5-14(11-28-21)9-15-10-18-22(17-4-2-1-3-16(15)17)29-13-30(23(18)32)19-7-8-33-12-20(19)31;24-22-14(4-3-8-25-22)10-15-11-18-21(17-6-2-1-5-16(15)17)26-13-27(23(18)29)19-7-9-30-12-20(19)28/h1-2,5-10,16,18,25-26,32H,3-4,11-15,17H2;2-7,9-10,13,15,22-23,31H,8,11-12,14H2,1H3;1-6,10-11,13,19-20,31H,7-9,12H2;1-6,8,11,13,19-20,28H,7,9-10,12H2/t25-,26-;22-,23-;2*19-,20-/m0000/s1. The number of hydrogen-bond donors (Lipinski definition) is 4. The van der Waals surface area contributed by atoms with Crippen molar-refractivity contribution in [2.24, 2.45) is 0 Å². The second-order valence-electron chi connectivity index (χ2n) is 34.4. The Morgan fingerprint density at radius 2 is 0.759 bits per heavy atom. The van der Waals surface area contributed by atoms with Crippen LogP contribution in [-0.4, -0.2) is 183 Å². The number of hydrogen-bond acceptors (Lipinski definition) is 22. The van der Waals surface area contributed by atoms with Crippen LogP contribution in [0.4, 0.5) is 18.9 Å². The fourth-order valence-electron chi connectivity index (χ4n) is 19.3. The summed E-state index contributed by atoms with van der Waals surface area (Å²) in [5, 5.41) is 52.2. The Labute approximate surface area is 763 Å². The van der Waals surface area contributed by atoms with Crippen molar-refractivity contribution in [2.75, 3.05) is 77.1 Å². The summed E-state index contributed by atoms with van der Waals surface area (Å²) >= 11 is 6.29. The van der Waals surface area contributed by atoms with E-state index in [9.17, 15) is 61.2 Å². The first kappa shape index (κ1) is 89.3. The molecule has 0 bridgehead atoms. The van der Waals surface area contributed by atoms with Gasteiger partial charge in [-0.1, -0.05) is 133 Å². The van der Waals surface area contributed by atoms with Crippen molar-refractivity contribution in [3.05, 3.63) is 329 Å². The quantitative estimate of drug-likeness (QED) is 0.0580. The topological polar surface area (TPSA) is 338 Å². The number of halogens is 4. The lowest BCUT2D eigenvalue weighted by atomic mass is 9.95. The minimum absolute atomic E-state index is 0.104. The van der Waals surface area contributed by atoms with Gasteiger partial charge < -0.3 is 44.3 Å². The summed E-state index contributed by atoms with van der Waals surface area (Å²) in [6.07, 6.45) is 12.5. The van der Waals surface area contributed by atoms with E-state index in [0.717, 1.165) is 114 Å². The lowest BCUT2D eigenvalue weighted by Crippen LogP contribution is -2.39. The van der Waals surface area contributed by atoms with Gasteiger partial charge in [0.25, 0.3) is 22.2 Å². The second kappa shape index (κ2) is 38.0. The number of nitrogens with zero attached hydrogens (tertiary/aromatic N) is 13. The maximum Gasteiger partial charge on any atom is 0.433 e. The molecule has 0 spiro atoms. The number of aromatic nitrogens is 12. The molecule has 8 atom stereocenters. The molecule has 9 aromatic carbocycles. The molecule has 0 saturated carbocycles. The van der Waals surface area contributed by atoms with Crippen LogP contribution in [0.15, 0.2) is 251 Å². The Kier molecular flexibility index (Phi) is 25.5. The number of alkyl halides is 3. The summed E-state index contributed by atoms with van der Waals surface area (Å²) < 4.78 is 91.5. The predicted molar refractivity (Wildman–Crippen MR) is 504 cm³/mol. The van der Waals surface area contributed by atoms with Gasteiger partial charge in [0.2, 0.25) is 10.0 Å². The van der Waals surface area contributed by atoms with Gasteiger partial charge in [0, 0.05) is 103 Å². The summed E-state index contributed by atoms with van der Waals surface area (Å²) in [7, 11) is -3.49. The summed E-state index contributed by atoms with van der Waals surface area (Å²) in [5.74, 6) is 0. The number of rotatable bonds is 14. The Hall–Kier alpha value is -12.9. The van der Waals surface area contributed by atoms with Gasteiger partial charge in [0.15, 0.2) is 5.65 Å². The molecule has 27 nitrogen and oxygen atoms in total. The third-order valence-electron chi connectivity index (χ3n) is 26.0. The van der Waals surface area contributed by atoms with Crippen LogP contribution in [0.1, 0.15) is 113 Å². The first-order chi connectivity index (χ1) is 64.5. The van der Waals surface area contributed by atoms with Crippen LogP contribution in [0.2, 0.25) is 5.15 Å². The molecule has 5 saturated heterocycles. The zero-order valence-corrected chi connectivity index (χ0v) is 73.9. The molecule has 17 aromatic rings. The number of fused-ring (bicyclic) bond motifs is 13. The maximum atomic E-state index is 13.6. The van der Waals surface area contributed by atoms with E-state index in [1.54, 1.807) is 46.3 Å². The van der Waals surface area contributed by atoms with Crippen molar-refractivity contribution in [2.45, 2.75) is 119 Å². The van der Waals surface area contributed by atoms with Crippen molar-refractivity contribution in [1.82, 2.24) is 57.1 Å². The first-order valence-electron chi connectivity index (χ1n) is 44.3. The Balaban J connectivity index is 0.000000115. The number of aliphatic hydroxyl groups is 4. The van der Waals surface area contributed by atoms with Crippen LogP contribution in [0.5, 0.6) is 0 Å². The SMILES string of the molecule is CS(=O)(=O)n1ccc2c(Cc3cc4c(=O)n([C@H]5CCOC[C@@H]5O)cnc4c4ccccc34)ccnc21.O=c1c2cc(Cc3ccc(C(F)(F)F)nc3)c3ccccc3c2ncn1[C@H]1CCOC[C@@H]1O.O=c1c2cc(Cc3ccc(N4CCCC4)cc3)c3ccccc3c2ncn1[C@H]1CCOC[C@@H]1O.O=c1c2cc(Cc3cccnc3Cl)c3ccccc3c2ncn1[C@H]1CCOC[C@@H]1O. The average molecular weight is 1840 g/mol. The highest BCUT2D eigenvalue weighted by Gasteiger charge is 2.35. The molecule has 0 amide bonds. The highest BCUT2D eigenvalue weighted by molar-refractivity contribution is 7.89. The highest BCUT2D eigenvalue weighted by atomic mass is 35.5. The average Bonchev–Trinajstić information content (AvgIpc) is 1.24. The van der Waals surface area contributed by atoms with Crippen LogP contribution in [0.25, 0.3) is 97.7 Å². The van der Waals surface area contributed by atoms with Crippen molar-refractivity contribution < 1.29 is 61.0 Å². The van der Waals surface area contributed by atoms with Crippen LogP contribution in [-0.2, 0) is 60.8 Å². The van der Waals surface area contributed by atoms with Gasteiger partial charge in [-0.3, -0.25) is 42.4 Å². The summed E-state index contributed by atoms with van der Waals surface area (Å²) in [5.41, 5.74) is 9.90. The van der Waals surface area contributed by atoms with E-state index in [-0.39, 0.29) is 60.7 Å².